The molecule has 0 unspecified atom stereocenters. The number of hydrogen-bond donors (Lipinski definition) is 0. The topological polar surface area (TPSA) is 45.7 Å². The van der Waals surface area contributed by atoms with Crippen molar-refractivity contribution >= 4 is 44.4 Å². The number of rotatable bonds is 12. The minimum atomic E-state index is 0.126. The zero-order chi connectivity index (χ0) is 22.9. The SMILES string of the molecule is CCOc1ccc2nc(N(CCN(CC)CC)C(=O)CCSc3ccc(C)cc3)sc2c1. The van der Waals surface area contributed by atoms with Crippen LogP contribution in [-0.2, 0) is 4.79 Å². The summed E-state index contributed by atoms with van der Waals surface area (Å²) >= 11 is 3.29. The van der Waals surface area contributed by atoms with Crippen molar-refractivity contribution in [2.24, 2.45) is 0 Å². The van der Waals surface area contributed by atoms with Gasteiger partial charge in [0, 0.05) is 30.2 Å². The van der Waals surface area contributed by atoms with Gasteiger partial charge in [-0.1, -0.05) is 42.9 Å². The van der Waals surface area contributed by atoms with Gasteiger partial charge >= 0.3 is 0 Å². The zero-order valence-electron chi connectivity index (χ0n) is 19.5. The van der Waals surface area contributed by atoms with E-state index >= 15 is 0 Å². The Kier molecular flexibility index (Phi) is 9.38. The molecule has 1 aromatic heterocycles. The van der Waals surface area contributed by atoms with E-state index in [1.165, 1.54) is 10.5 Å². The van der Waals surface area contributed by atoms with Gasteiger partial charge in [0.05, 0.1) is 16.8 Å². The number of nitrogens with zero attached hydrogens (tertiary/aromatic N) is 3. The number of aromatic nitrogens is 1. The molecule has 0 fully saturated rings. The molecule has 0 bridgehead atoms. The molecule has 172 valence electrons. The molecule has 0 spiro atoms. The van der Waals surface area contributed by atoms with Crippen molar-refractivity contribution in [2.45, 2.75) is 39.0 Å². The lowest BCUT2D eigenvalue weighted by molar-refractivity contribution is -0.118. The van der Waals surface area contributed by atoms with Crippen molar-refractivity contribution in [3.8, 4) is 5.75 Å². The lowest BCUT2D eigenvalue weighted by Gasteiger charge is -2.24. The lowest BCUT2D eigenvalue weighted by atomic mass is 10.2. The predicted molar refractivity (Wildman–Crippen MR) is 137 cm³/mol. The molecule has 0 saturated carbocycles. The molecule has 0 aliphatic carbocycles. The van der Waals surface area contributed by atoms with E-state index in [1.807, 2.05) is 30.0 Å². The third-order valence-corrected chi connectivity index (χ3v) is 7.39. The van der Waals surface area contributed by atoms with Crippen LogP contribution in [-0.4, -0.2) is 54.3 Å². The molecule has 7 heteroatoms. The molecule has 1 heterocycles. The number of carbonyl (C=O) groups excluding carboxylic acids is 1. The Balaban J connectivity index is 1.73. The summed E-state index contributed by atoms with van der Waals surface area (Å²) in [6.07, 6.45) is 0.483. The van der Waals surface area contributed by atoms with Crippen LogP contribution in [0.15, 0.2) is 47.4 Å². The van der Waals surface area contributed by atoms with Crippen LogP contribution in [0.1, 0.15) is 32.8 Å². The quantitative estimate of drug-likeness (QED) is 0.310. The summed E-state index contributed by atoms with van der Waals surface area (Å²) in [5.74, 6) is 1.72. The number of ether oxygens (including phenoxy) is 1. The van der Waals surface area contributed by atoms with Gasteiger partial charge in [-0.25, -0.2) is 4.98 Å². The molecule has 32 heavy (non-hydrogen) atoms. The number of anilines is 1. The second-order valence-corrected chi connectivity index (χ2v) is 9.72. The predicted octanol–water partition coefficient (Wildman–Crippen LogP) is 5.86. The van der Waals surface area contributed by atoms with Gasteiger partial charge in [0.15, 0.2) is 5.13 Å². The highest BCUT2D eigenvalue weighted by Gasteiger charge is 2.20. The van der Waals surface area contributed by atoms with Crippen molar-refractivity contribution in [3.05, 3.63) is 48.0 Å². The Labute approximate surface area is 199 Å². The maximum absolute atomic E-state index is 13.3. The third-order valence-electron chi connectivity index (χ3n) is 5.33. The highest BCUT2D eigenvalue weighted by molar-refractivity contribution is 7.99. The molecule has 3 aromatic rings. The maximum atomic E-state index is 13.3. The van der Waals surface area contributed by atoms with Crippen LogP contribution in [0.4, 0.5) is 5.13 Å². The lowest BCUT2D eigenvalue weighted by Crippen LogP contribution is -2.39. The first-order valence-corrected chi connectivity index (χ1v) is 13.1. The first kappa shape index (κ1) is 24.6. The summed E-state index contributed by atoms with van der Waals surface area (Å²) in [5, 5.41) is 0.770. The summed E-state index contributed by atoms with van der Waals surface area (Å²) in [6, 6.07) is 14.4. The molecular weight excluding hydrogens is 438 g/mol. The van der Waals surface area contributed by atoms with E-state index in [2.05, 4.69) is 49.9 Å². The molecule has 0 saturated heterocycles. The number of aryl methyl sites for hydroxylation is 1. The van der Waals surface area contributed by atoms with Crippen molar-refractivity contribution in [3.63, 3.8) is 0 Å². The van der Waals surface area contributed by atoms with Crippen molar-refractivity contribution in [1.82, 2.24) is 9.88 Å². The first-order chi connectivity index (χ1) is 15.5. The van der Waals surface area contributed by atoms with Gasteiger partial charge < -0.3 is 9.64 Å². The second kappa shape index (κ2) is 12.2. The van der Waals surface area contributed by atoms with Crippen molar-refractivity contribution < 1.29 is 9.53 Å². The molecule has 0 atom stereocenters. The average Bonchev–Trinajstić information content (AvgIpc) is 3.21. The fraction of sp³-hybridized carbons (Fsp3) is 0.440. The van der Waals surface area contributed by atoms with Gasteiger partial charge in [0.25, 0.3) is 0 Å². The van der Waals surface area contributed by atoms with E-state index in [9.17, 15) is 4.79 Å². The summed E-state index contributed by atoms with van der Waals surface area (Å²) < 4.78 is 6.67. The number of hydrogen-bond acceptors (Lipinski definition) is 6. The number of benzene rings is 2. The highest BCUT2D eigenvalue weighted by Crippen LogP contribution is 2.32. The minimum Gasteiger partial charge on any atom is -0.494 e. The number of amides is 1. The molecular formula is C25H33N3O2S2. The Morgan fingerprint density at radius 2 is 1.81 bits per heavy atom. The number of likely N-dealkylation sites (N-methyl/N-ethyl adjacent to an activating group) is 1. The van der Waals surface area contributed by atoms with E-state index in [0.717, 1.165) is 46.5 Å². The Morgan fingerprint density at radius 1 is 1.06 bits per heavy atom. The molecule has 1 amide bonds. The molecule has 0 aliphatic heterocycles. The van der Waals surface area contributed by atoms with E-state index in [0.29, 0.717) is 19.6 Å². The number of fused-ring (bicyclic) bond motifs is 1. The Hall–Kier alpha value is -2.09. The summed E-state index contributed by atoms with van der Waals surface area (Å²) in [6.45, 7) is 12.4. The van der Waals surface area contributed by atoms with Crippen molar-refractivity contribution in [2.75, 3.05) is 43.4 Å². The average molecular weight is 472 g/mol. The van der Waals surface area contributed by atoms with E-state index in [4.69, 9.17) is 9.72 Å². The largest absolute Gasteiger partial charge is 0.494 e. The van der Waals surface area contributed by atoms with Gasteiger partial charge in [0.1, 0.15) is 5.75 Å². The van der Waals surface area contributed by atoms with Crippen molar-refractivity contribution in [1.29, 1.82) is 0 Å². The van der Waals surface area contributed by atoms with Gasteiger partial charge in [-0.3, -0.25) is 9.69 Å². The van der Waals surface area contributed by atoms with Gasteiger partial charge in [-0.2, -0.15) is 0 Å². The van der Waals surface area contributed by atoms with E-state index in [-0.39, 0.29) is 5.91 Å². The zero-order valence-corrected chi connectivity index (χ0v) is 21.1. The van der Waals surface area contributed by atoms with Crippen LogP contribution in [0, 0.1) is 6.92 Å². The Bertz CT molecular complexity index is 1000. The highest BCUT2D eigenvalue weighted by atomic mass is 32.2. The molecule has 2 aromatic carbocycles. The number of thiazole rings is 1. The van der Waals surface area contributed by atoms with Crippen LogP contribution in [0.5, 0.6) is 5.75 Å². The minimum absolute atomic E-state index is 0.126. The molecule has 3 rings (SSSR count). The summed E-state index contributed by atoms with van der Waals surface area (Å²) in [4.78, 5) is 23.4. The number of thioether (sulfide) groups is 1. The van der Waals surface area contributed by atoms with Crippen LogP contribution in [0.2, 0.25) is 0 Å². The van der Waals surface area contributed by atoms with Gasteiger partial charge in [0.2, 0.25) is 5.91 Å². The first-order valence-electron chi connectivity index (χ1n) is 11.3. The standard InChI is InChI=1S/C25H33N3O2S2/c1-5-27(6-2)15-16-28(24(29)14-17-31-21-11-8-19(4)9-12-21)25-26-22-13-10-20(30-7-3)18-23(22)32-25/h8-13,18H,5-7,14-17H2,1-4H3. The monoisotopic (exact) mass is 471 g/mol. The normalized spacial score (nSPS) is 11.3. The summed E-state index contributed by atoms with van der Waals surface area (Å²) in [5.41, 5.74) is 2.15. The van der Waals surface area contributed by atoms with Crippen LogP contribution < -0.4 is 9.64 Å². The van der Waals surface area contributed by atoms with Gasteiger partial charge in [-0.15, -0.1) is 11.8 Å². The fourth-order valence-corrected chi connectivity index (χ4v) is 5.28. The summed E-state index contributed by atoms with van der Waals surface area (Å²) in [7, 11) is 0. The van der Waals surface area contributed by atoms with Crippen LogP contribution in [0.3, 0.4) is 0 Å². The number of carbonyl (C=O) groups is 1. The fourth-order valence-electron chi connectivity index (χ4n) is 3.40. The van der Waals surface area contributed by atoms with Gasteiger partial charge in [-0.05, 0) is 57.3 Å². The van der Waals surface area contributed by atoms with Crippen LogP contribution in [0.25, 0.3) is 10.2 Å². The third kappa shape index (κ3) is 6.70. The molecule has 0 aliphatic rings. The van der Waals surface area contributed by atoms with Crippen LogP contribution >= 0.6 is 23.1 Å². The molecule has 5 nitrogen and oxygen atoms in total. The Morgan fingerprint density at radius 3 is 2.50 bits per heavy atom. The smallest absolute Gasteiger partial charge is 0.229 e. The van der Waals surface area contributed by atoms with E-state index in [1.54, 1.807) is 23.1 Å². The molecule has 0 N–H and O–H groups in total. The molecule has 0 radical (unpaired) electrons. The second-order valence-electron chi connectivity index (χ2n) is 7.54. The van der Waals surface area contributed by atoms with E-state index < -0.39 is 0 Å². The maximum Gasteiger partial charge on any atom is 0.229 e.